The van der Waals surface area contributed by atoms with Gasteiger partial charge in [0.2, 0.25) is 0 Å². The van der Waals surface area contributed by atoms with Crippen LogP contribution in [0.25, 0.3) is 10.2 Å². The first kappa shape index (κ1) is 24.2. The summed E-state index contributed by atoms with van der Waals surface area (Å²) in [6.45, 7) is 0. The smallest absolute Gasteiger partial charge is 0.0969 e. The van der Waals surface area contributed by atoms with Crippen LogP contribution in [0.2, 0.25) is 0 Å². The number of thiazole rings is 1. The highest BCUT2D eigenvalue weighted by molar-refractivity contribution is 7.18. The highest BCUT2D eigenvalue weighted by Gasteiger charge is 2.18. The van der Waals surface area contributed by atoms with E-state index in [9.17, 15) is 0 Å². The average molecular weight is 454 g/mol. The zero-order valence-electron chi connectivity index (χ0n) is 20.6. The van der Waals surface area contributed by atoms with Gasteiger partial charge in [-0.15, -0.1) is 11.3 Å². The van der Waals surface area contributed by atoms with Gasteiger partial charge in [-0.2, -0.15) is 0 Å². The zero-order valence-corrected chi connectivity index (χ0v) is 21.4. The lowest BCUT2D eigenvalue weighted by molar-refractivity contribution is 0.467. The van der Waals surface area contributed by atoms with Crippen LogP contribution in [0.4, 0.5) is 0 Å². The molecule has 4 rings (SSSR count). The summed E-state index contributed by atoms with van der Waals surface area (Å²) in [5.74, 6) is 1.47. The number of hydrogen-bond donors (Lipinski definition) is 0. The van der Waals surface area contributed by atoms with Crippen LogP contribution in [-0.4, -0.2) is 4.98 Å². The van der Waals surface area contributed by atoms with E-state index >= 15 is 0 Å². The second kappa shape index (κ2) is 13.7. The molecule has 2 heteroatoms. The Kier molecular flexibility index (Phi) is 10.4. The molecule has 0 bridgehead atoms. The van der Waals surface area contributed by atoms with Gasteiger partial charge in [-0.05, 0) is 49.3 Å². The summed E-state index contributed by atoms with van der Waals surface area (Å²) in [5.41, 5.74) is 2.86. The molecule has 2 fully saturated rings. The van der Waals surface area contributed by atoms with Crippen molar-refractivity contribution < 1.29 is 0 Å². The van der Waals surface area contributed by atoms with Gasteiger partial charge in [-0.3, -0.25) is 0 Å². The largest absolute Gasteiger partial charge is 0.241 e. The lowest BCUT2D eigenvalue weighted by Crippen LogP contribution is -2.00. The molecule has 2 saturated carbocycles. The van der Waals surface area contributed by atoms with E-state index < -0.39 is 0 Å². The van der Waals surface area contributed by atoms with Gasteiger partial charge in [0.05, 0.1) is 15.2 Å². The predicted molar refractivity (Wildman–Crippen MR) is 142 cm³/mol. The number of rotatable bonds is 2. The van der Waals surface area contributed by atoms with Gasteiger partial charge in [0.25, 0.3) is 0 Å². The van der Waals surface area contributed by atoms with Crippen molar-refractivity contribution in [3.05, 3.63) is 28.8 Å². The third-order valence-electron chi connectivity index (χ3n) is 8.21. The molecular formula is C30H47NS. The lowest BCUT2D eigenvalue weighted by Gasteiger charge is -2.17. The zero-order chi connectivity index (χ0) is 21.8. The Morgan fingerprint density at radius 2 is 0.969 bits per heavy atom. The van der Waals surface area contributed by atoms with Crippen LogP contribution in [0.15, 0.2) is 18.2 Å². The van der Waals surface area contributed by atoms with Crippen LogP contribution >= 0.6 is 11.3 Å². The molecular weight excluding hydrogens is 406 g/mol. The maximum Gasteiger partial charge on any atom is 0.0969 e. The molecule has 1 aromatic carbocycles. The molecule has 178 valence electrons. The molecule has 32 heavy (non-hydrogen) atoms. The number of hydrogen-bond acceptors (Lipinski definition) is 2. The van der Waals surface area contributed by atoms with Crippen LogP contribution in [0.1, 0.15) is 157 Å². The quantitative estimate of drug-likeness (QED) is 0.440. The molecule has 2 aliphatic rings. The Morgan fingerprint density at radius 3 is 1.47 bits per heavy atom. The number of benzene rings is 1. The Labute approximate surface area is 201 Å². The van der Waals surface area contributed by atoms with E-state index in [1.54, 1.807) is 5.56 Å². The van der Waals surface area contributed by atoms with Crippen molar-refractivity contribution in [2.45, 2.75) is 147 Å². The summed E-state index contributed by atoms with van der Waals surface area (Å²) in [7, 11) is 0. The molecule has 0 unspecified atom stereocenters. The van der Waals surface area contributed by atoms with E-state index in [2.05, 4.69) is 18.2 Å². The van der Waals surface area contributed by atoms with Crippen molar-refractivity contribution in [3.8, 4) is 0 Å². The third-order valence-corrected chi connectivity index (χ3v) is 9.39. The van der Waals surface area contributed by atoms with Gasteiger partial charge in [0, 0.05) is 5.92 Å². The summed E-state index contributed by atoms with van der Waals surface area (Å²) < 4.78 is 1.46. The fourth-order valence-electron chi connectivity index (χ4n) is 6.12. The highest BCUT2D eigenvalue weighted by Crippen LogP contribution is 2.37. The van der Waals surface area contributed by atoms with E-state index in [1.807, 2.05) is 11.3 Å². The summed E-state index contributed by atoms with van der Waals surface area (Å²) in [6, 6.07) is 7.32. The Balaban J connectivity index is 1.45. The predicted octanol–water partition coefficient (Wildman–Crippen LogP) is 10.7. The van der Waals surface area contributed by atoms with Gasteiger partial charge in [0.1, 0.15) is 0 Å². The van der Waals surface area contributed by atoms with Crippen LogP contribution < -0.4 is 0 Å². The molecule has 2 aliphatic carbocycles. The Hall–Kier alpha value is -0.890. The maximum atomic E-state index is 5.18. The maximum absolute atomic E-state index is 5.18. The number of nitrogens with zero attached hydrogens (tertiary/aromatic N) is 1. The lowest BCUT2D eigenvalue weighted by atomic mass is 9.88. The minimum absolute atomic E-state index is 0.702. The normalized spacial score (nSPS) is 22.6. The van der Waals surface area contributed by atoms with Gasteiger partial charge in [-0.1, -0.05) is 115 Å². The van der Waals surface area contributed by atoms with Crippen molar-refractivity contribution in [2.75, 3.05) is 0 Å². The van der Waals surface area contributed by atoms with Crippen LogP contribution in [0, 0.1) is 0 Å². The topological polar surface area (TPSA) is 12.9 Å². The fourth-order valence-corrected chi connectivity index (χ4v) is 7.30. The van der Waals surface area contributed by atoms with Crippen LogP contribution in [-0.2, 0) is 0 Å². The summed E-state index contributed by atoms with van der Waals surface area (Å²) >= 11 is 2.03. The molecule has 2 aromatic rings. The van der Waals surface area contributed by atoms with E-state index in [1.165, 1.54) is 150 Å². The van der Waals surface area contributed by atoms with Gasteiger partial charge in [0.15, 0.2) is 0 Å². The number of fused-ring (bicyclic) bond motifs is 1. The minimum atomic E-state index is 0.702. The second-order valence-electron chi connectivity index (χ2n) is 10.8. The van der Waals surface area contributed by atoms with Gasteiger partial charge >= 0.3 is 0 Å². The third kappa shape index (κ3) is 7.57. The first-order valence-corrected chi connectivity index (χ1v) is 15.1. The van der Waals surface area contributed by atoms with E-state index in [-0.39, 0.29) is 0 Å². The van der Waals surface area contributed by atoms with Crippen molar-refractivity contribution in [1.29, 1.82) is 0 Å². The molecule has 0 amide bonds. The van der Waals surface area contributed by atoms with Crippen LogP contribution in [0.5, 0.6) is 0 Å². The standard InChI is InChI=1S/C30H47NS/c1-2-8-12-16-20-26(21-17-13-9-3-1)30-31-28-23-22-27(24-29(28)32-30)25-18-14-10-6-4-5-7-11-15-19-25/h22-26H,1-21H2. The molecule has 0 aliphatic heterocycles. The molecule has 1 aromatic heterocycles. The van der Waals surface area contributed by atoms with E-state index in [0.717, 1.165) is 5.92 Å². The molecule has 1 nitrogen and oxygen atoms in total. The van der Waals surface area contributed by atoms with Crippen LogP contribution in [0.3, 0.4) is 0 Å². The first-order valence-electron chi connectivity index (χ1n) is 14.3. The monoisotopic (exact) mass is 453 g/mol. The van der Waals surface area contributed by atoms with Crippen molar-refractivity contribution in [2.24, 2.45) is 0 Å². The summed E-state index contributed by atoms with van der Waals surface area (Å²) in [5, 5.41) is 1.44. The molecule has 0 atom stereocenters. The molecule has 1 heterocycles. The molecule has 0 N–H and O–H groups in total. The van der Waals surface area contributed by atoms with E-state index in [4.69, 9.17) is 4.98 Å². The minimum Gasteiger partial charge on any atom is -0.241 e. The van der Waals surface area contributed by atoms with Crippen molar-refractivity contribution >= 4 is 21.6 Å². The summed E-state index contributed by atoms with van der Waals surface area (Å²) in [4.78, 5) is 5.18. The van der Waals surface area contributed by atoms with Gasteiger partial charge < -0.3 is 0 Å². The summed E-state index contributed by atoms with van der Waals surface area (Å²) in [6.07, 6.45) is 29.9. The Bertz CT molecular complexity index is 754. The highest BCUT2D eigenvalue weighted by atomic mass is 32.1. The Morgan fingerprint density at radius 1 is 0.531 bits per heavy atom. The van der Waals surface area contributed by atoms with Crippen molar-refractivity contribution in [1.82, 2.24) is 4.98 Å². The molecule has 0 saturated heterocycles. The van der Waals surface area contributed by atoms with Gasteiger partial charge in [-0.25, -0.2) is 4.98 Å². The number of aromatic nitrogens is 1. The molecule has 0 spiro atoms. The van der Waals surface area contributed by atoms with Crippen molar-refractivity contribution in [3.63, 3.8) is 0 Å². The first-order chi connectivity index (χ1) is 15.9. The fraction of sp³-hybridized carbons (Fsp3) is 0.767. The average Bonchev–Trinajstić information content (AvgIpc) is 3.19. The second-order valence-corrected chi connectivity index (χ2v) is 11.9. The SMILES string of the molecule is c1cc2nc(C3CCCCCCCCCCC3)sc2cc1C1CCCCCCCCCC1. The molecule has 0 radical (unpaired) electrons. The van der Waals surface area contributed by atoms with E-state index in [0.29, 0.717) is 5.92 Å².